The predicted octanol–water partition coefficient (Wildman–Crippen LogP) is 2.43. The smallest absolute Gasteiger partial charge is 0.409 e. The number of ether oxygens (including phenoxy) is 2. The van der Waals surface area contributed by atoms with E-state index in [-0.39, 0.29) is 12.2 Å². The van der Waals surface area contributed by atoms with Crippen LogP contribution < -0.4 is 5.73 Å². The molecule has 5 nitrogen and oxygen atoms in total. The van der Waals surface area contributed by atoms with E-state index in [4.69, 9.17) is 15.2 Å². The van der Waals surface area contributed by atoms with Crippen LogP contribution in [0, 0.1) is 0 Å². The van der Waals surface area contributed by atoms with Crippen LogP contribution in [0.15, 0.2) is 0 Å². The zero-order valence-electron chi connectivity index (χ0n) is 13.6. The fourth-order valence-electron chi connectivity index (χ4n) is 2.70. The zero-order valence-corrected chi connectivity index (χ0v) is 14.6. The molecule has 0 atom stereocenters. The Balaban J connectivity index is 1.60. The lowest BCUT2D eigenvalue weighted by Gasteiger charge is -2.38. The Morgan fingerprint density at radius 2 is 1.81 bits per heavy atom. The average Bonchev–Trinajstić information content (AvgIpc) is 2.36. The van der Waals surface area contributed by atoms with Crippen molar-refractivity contribution in [3.8, 4) is 0 Å². The van der Waals surface area contributed by atoms with E-state index < -0.39 is 8.07 Å². The first-order chi connectivity index (χ1) is 9.83. The van der Waals surface area contributed by atoms with Crippen LogP contribution in [0.2, 0.25) is 25.7 Å². The van der Waals surface area contributed by atoms with Gasteiger partial charge in [-0.25, -0.2) is 4.79 Å². The van der Waals surface area contributed by atoms with Gasteiger partial charge in [0.2, 0.25) is 0 Å². The van der Waals surface area contributed by atoms with Gasteiger partial charge in [-0.1, -0.05) is 19.6 Å². The third-order valence-corrected chi connectivity index (χ3v) is 6.00. The van der Waals surface area contributed by atoms with E-state index in [9.17, 15) is 4.79 Å². The van der Waals surface area contributed by atoms with Crippen molar-refractivity contribution < 1.29 is 14.3 Å². The molecule has 0 bridgehead atoms. The van der Waals surface area contributed by atoms with Gasteiger partial charge in [0, 0.05) is 27.2 Å². The molecule has 6 heteroatoms. The summed E-state index contributed by atoms with van der Waals surface area (Å²) in [6, 6.07) is 1.36. The van der Waals surface area contributed by atoms with Gasteiger partial charge in [0.15, 0.2) is 0 Å². The Morgan fingerprint density at radius 3 is 2.33 bits per heavy atom. The van der Waals surface area contributed by atoms with Crippen molar-refractivity contribution in [3.63, 3.8) is 0 Å². The minimum absolute atomic E-state index is 0.155. The predicted molar refractivity (Wildman–Crippen MR) is 86.2 cm³/mol. The number of likely N-dealkylation sites (tertiary alicyclic amines) is 1. The summed E-state index contributed by atoms with van der Waals surface area (Å²) in [6.45, 7) is 8.91. The fraction of sp³-hybridized carbons (Fsp3) is 0.933. The highest BCUT2D eigenvalue weighted by Crippen LogP contribution is 2.26. The van der Waals surface area contributed by atoms with E-state index in [1.807, 2.05) is 4.90 Å². The van der Waals surface area contributed by atoms with Gasteiger partial charge in [-0.05, 0) is 31.7 Å². The molecule has 0 unspecified atom stereocenters. The van der Waals surface area contributed by atoms with Gasteiger partial charge < -0.3 is 20.1 Å². The molecule has 1 saturated heterocycles. The minimum Gasteiger partial charge on any atom is -0.450 e. The second kappa shape index (κ2) is 7.11. The first-order valence-corrected chi connectivity index (χ1v) is 11.9. The third kappa shape index (κ3) is 5.60. The van der Waals surface area contributed by atoms with Gasteiger partial charge >= 0.3 is 6.09 Å². The van der Waals surface area contributed by atoms with Crippen molar-refractivity contribution in [1.29, 1.82) is 0 Å². The number of carbonyl (C=O) groups is 1. The van der Waals surface area contributed by atoms with Crippen molar-refractivity contribution in [2.75, 3.05) is 19.7 Å². The molecule has 0 aromatic rings. The van der Waals surface area contributed by atoms with Gasteiger partial charge in [-0.2, -0.15) is 0 Å². The van der Waals surface area contributed by atoms with Crippen molar-refractivity contribution >= 4 is 14.2 Å². The van der Waals surface area contributed by atoms with Crippen LogP contribution in [-0.4, -0.2) is 57.0 Å². The van der Waals surface area contributed by atoms with Crippen LogP contribution in [0.4, 0.5) is 4.79 Å². The number of carbonyl (C=O) groups excluding carboxylic acids is 1. The molecule has 2 rings (SSSR count). The number of rotatable bonds is 5. The Kier molecular flexibility index (Phi) is 5.68. The highest BCUT2D eigenvalue weighted by Gasteiger charge is 2.31. The maximum absolute atomic E-state index is 12.0. The monoisotopic (exact) mass is 314 g/mol. The highest BCUT2D eigenvalue weighted by molar-refractivity contribution is 6.76. The first kappa shape index (κ1) is 16.8. The molecular weight excluding hydrogens is 284 g/mol. The molecule has 122 valence electrons. The van der Waals surface area contributed by atoms with E-state index in [1.165, 1.54) is 0 Å². The lowest BCUT2D eigenvalue weighted by Crippen LogP contribution is -2.46. The molecule has 1 heterocycles. The summed E-state index contributed by atoms with van der Waals surface area (Å²) in [4.78, 5) is 13.8. The van der Waals surface area contributed by atoms with Crippen LogP contribution >= 0.6 is 0 Å². The number of nitrogens with zero attached hydrogens (tertiary/aromatic N) is 1. The van der Waals surface area contributed by atoms with Crippen molar-refractivity contribution in [1.82, 2.24) is 4.90 Å². The molecule has 1 saturated carbocycles. The van der Waals surface area contributed by atoms with E-state index in [2.05, 4.69) is 19.6 Å². The summed E-state index contributed by atoms with van der Waals surface area (Å²) >= 11 is 0. The van der Waals surface area contributed by atoms with Crippen molar-refractivity contribution in [2.45, 2.75) is 69.6 Å². The van der Waals surface area contributed by atoms with Crippen LogP contribution in [0.3, 0.4) is 0 Å². The van der Waals surface area contributed by atoms with Crippen LogP contribution in [-0.2, 0) is 9.47 Å². The van der Waals surface area contributed by atoms with Gasteiger partial charge in [-0.3, -0.25) is 0 Å². The second-order valence-corrected chi connectivity index (χ2v) is 13.2. The first-order valence-electron chi connectivity index (χ1n) is 8.16. The average molecular weight is 315 g/mol. The van der Waals surface area contributed by atoms with E-state index in [0.717, 1.165) is 44.8 Å². The topological polar surface area (TPSA) is 64.8 Å². The zero-order chi connectivity index (χ0) is 15.5. The molecule has 1 aliphatic carbocycles. The standard InChI is InChI=1S/C15H30N2O3Si/c1-21(2,3)9-8-19-15(18)17-6-4-13(5-7-17)20-14-10-12(16)11-14/h12-14H,4-11,16H2,1-3H3. The number of amides is 1. The van der Waals surface area contributed by atoms with Gasteiger partial charge in [0.1, 0.15) is 0 Å². The maximum atomic E-state index is 12.0. The fourth-order valence-corrected chi connectivity index (χ4v) is 3.41. The van der Waals surface area contributed by atoms with Crippen molar-refractivity contribution in [3.05, 3.63) is 0 Å². The van der Waals surface area contributed by atoms with Crippen LogP contribution in [0.1, 0.15) is 25.7 Å². The van der Waals surface area contributed by atoms with Crippen LogP contribution in [0.25, 0.3) is 0 Å². The summed E-state index contributed by atoms with van der Waals surface area (Å²) in [7, 11) is -1.13. The largest absolute Gasteiger partial charge is 0.450 e. The molecule has 0 aromatic heterocycles. The minimum atomic E-state index is -1.13. The lowest BCUT2D eigenvalue weighted by atomic mass is 9.90. The Labute approximate surface area is 129 Å². The molecule has 21 heavy (non-hydrogen) atoms. The van der Waals surface area contributed by atoms with Gasteiger partial charge in [-0.15, -0.1) is 0 Å². The summed E-state index contributed by atoms with van der Waals surface area (Å²) < 4.78 is 11.4. The molecule has 0 aromatic carbocycles. The molecule has 2 N–H and O–H groups in total. The molecule has 0 spiro atoms. The van der Waals surface area contributed by atoms with Crippen LogP contribution in [0.5, 0.6) is 0 Å². The highest BCUT2D eigenvalue weighted by atomic mass is 28.3. The summed E-state index contributed by atoms with van der Waals surface area (Å²) in [6.07, 6.45) is 4.27. The molecular formula is C15H30N2O3Si. The number of nitrogens with two attached hydrogens (primary N) is 1. The molecule has 2 aliphatic rings. The van der Waals surface area contributed by atoms with E-state index in [1.54, 1.807) is 0 Å². The maximum Gasteiger partial charge on any atom is 0.409 e. The van der Waals surface area contributed by atoms with E-state index >= 15 is 0 Å². The van der Waals surface area contributed by atoms with Gasteiger partial charge in [0.05, 0.1) is 18.8 Å². The molecule has 2 fully saturated rings. The Hall–Kier alpha value is -0.593. The van der Waals surface area contributed by atoms with Gasteiger partial charge in [0.25, 0.3) is 0 Å². The SMILES string of the molecule is C[Si](C)(C)CCOC(=O)N1CCC(OC2CC(N)C2)CC1. The summed E-state index contributed by atoms with van der Waals surface area (Å²) in [5, 5.41) is 0. The Morgan fingerprint density at radius 1 is 1.19 bits per heavy atom. The van der Waals surface area contributed by atoms with Crippen molar-refractivity contribution in [2.24, 2.45) is 5.73 Å². The summed E-state index contributed by atoms with van der Waals surface area (Å²) in [5.74, 6) is 0. The molecule has 1 aliphatic heterocycles. The third-order valence-electron chi connectivity index (χ3n) is 4.29. The van der Waals surface area contributed by atoms with E-state index in [0.29, 0.717) is 18.8 Å². The lowest BCUT2D eigenvalue weighted by molar-refractivity contribution is -0.0780. The second-order valence-electron chi connectivity index (χ2n) is 7.60. The number of hydrogen-bond acceptors (Lipinski definition) is 4. The quantitative estimate of drug-likeness (QED) is 0.792. The normalized spacial score (nSPS) is 27.3. The molecule has 0 radical (unpaired) electrons. The summed E-state index contributed by atoms with van der Waals surface area (Å²) in [5.41, 5.74) is 5.77. The number of hydrogen-bond donors (Lipinski definition) is 1. The Bertz CT molecular complexity index is 345. The number of piperidine rings is 1. The molecule has 1 amide bonds.